The van der Waals surface area contributed by atoms with E-state index in [4.69, 9.17) is 4.74 Å². The van der Waals surface area contributed by atoms with E-state index in [-0.39, 0.29) is 0 Å². The van der Waals surface area contributed by atoms with Gasteiger partial charge in [-0.3, -0.25) is 0 Å². The monoisotopic (exact) mass is 233 g/mol. The van der Waals surface area contributed by atoms with Crippen molar-refractivity contribution in [2.45, 2.75) is 39.7 Å². The van der Waals surface area contributed by atoms with Crippen LogP contribution < -0.4 is 10.1 Å². The van der Waals surface area contributed by atoms with Crippen molar-refractivity contribution in [1.82, 2.24) is 5.32 Å². The molecule has 0 saturated heterocycles. The summed E-state index contributed by atoms with van der Waals surface area (Å²) in [5.41, 5.74) is 2.58. The first-order chi connectivity index (χ1) is 8.20. The normalized spacial score (nSPS) is 16.9. The number of ether oxygens (including phenoxy) is 1. The molecule has 0 spiro atoms. The van der Waals surface area contributed by atoms with Crippen molar-refractivity contribution in [3.05, 3.63) is 29.3 Å². The van der Waals surface area contributed by atoms with Gasteiger partial charge in [-0.2, -0.15) is 0 Å². The molecule has 1 N–H and O–H groups in total. The summed E-state index contributed by atoms with van der Waals surface area (Å²) in [6.45, 7) is 8.35. The van der Waals surface area contributed by atoms with Gasteiger partial charge < -0.3 is 10.1 Å². The predicted molar refractivity (Wildman–Crippen MR) is 71.5 cm³/mol. The average Bonchev–Trinajstić information content (AvgIpc) is 3.11. The molecule has 0 amide bonds. The van der Waals surface area contributed by atoms with Crippen molar-refractivity contribution in [2.75, 3.05) is 13.2 Å². The van der Waals surface area contributed by atoms with Crippen LogP contribution in [-0.2, 0) is 0 Å². The van der Waals surface area contributed by atoms with E-state index in [1.807, 2.05) is 0 Å². The molecule has 2 rings (SSSR count). The van der Waals surface area contributed by atoms with Crippen LogP contribution in [0.5, 0.6) is 5.75 Å². The number of rotatable bonds is 6. The average molecular weight is 233 g/mol. The van der Waals surface area contributed by atoms with Crippen LogP contribution in [0, 0.1) is 12.8 Å². The zero-order valence-corrected chi connectivity index (χ0v) is 11.1. The molecule has 1 saturated carbocycles. The first-order valence-electron chi connectivity index (χ1n) is 6.67. The molecular formula is C15H23NO. The Morgan fingerprint density at radius 1 is 1.41 bits per heavy atom. The summed E-state index contributed by atoms with van der Waals surface area (Å²) in [4.78, 5) is 0. The van der Waals surface area contributed by atoms with Crippen molar-refractivity contribution in [1.29, 1.82) is 0 Å². The van der Waals surface area contributed by atoms with Crippen molar-refractivity contribution in [3.63, 3.8) is 0 Å². The molecule has 0 heterocycles. The van der Waals surface area contributed by atoms with Gasteiger partial charge in [0.1, 0.15) is 5.75 Å². The van der Waals surface area contributed by atoms with Gasteiger partial charge in [0, 0.05) is 6.04 Å². The number of benzene rings is 1. The fraction of sp³-hybridized carbons (Fsp3) is 0.600. The first kappa shape index (κ1) is 12.4. The lowest BCUT2D eigenvalue weighted by atomic mass is 10.1. The molecule has 0 bridgehead atoms. The number of aryl methyl sites for hydroxylation is 1. The summed E-state index contributed by atoms with van der Waals surface area (Å²) in [5, 5.41) is 3.43. The molecule has 0 aromatic heterocycles. The van der Waals surface area contributed by atoms with Gasteiger partial charge in [0.05, 0.1) is 6.61 Å². The third-order valence-electron chi connectivity index (χ3n) is 3.38. The Hall–Kier alpha value is -1.02. The second kappa shape index (κ2) is 5.54. The predicted octanol–water partition coefficient (Wildman–Crippen LogP) is 3.45. The summed E-state index contributed by atoms with van der Waals surface area (Å²) in [6.07, 6.45) is 2.68. The molecule has 1 unspecified atom stereocenters. The van der Waals surface area contributed by atoms with Crippen LogP contribution >= 0.6 is 0 Å². The summed E-state index contributed by atoms with van der Waals surface area (Å²) in [6, 6.07) is 6.93. The van der Waals surface area contributed by atoms with Gasteiger partial charge in [0.25, 0.3) is 0 Å². The summed E-state index contributed by atoms with van der Waals surface area (Å²) in [5.74, 6) is 1.86. The highest BCUT2D eigenvalue weighted by atomic mass is 16.5. The van der Waals surface area contributed by atoms with Crippen LogP contribution in [-0.4, -0.2) is 13.2 Å². The molecule has 1 aromatic carbocycles. The lowest BCUT2D eigenvalue weighted by molar-refractivity contribution is 0.297. The van der Waals surface area contributed by atoms with E-state index in [1.54, 1.807) is 0 Å². The third kappa shape index (κ3) is 3.47. The van der Waals surface area contributed by atoms with Crippen LogP contribution in [0.2, 0.25) is 0 Å². The van der Waals surface area contributed by atoms with E-state index in [0.717, 1.165) is 24.8 Å². The Morgan fingerprint density at radius 2 is 2.18 bits per heavy atom. The highest BCUT2D eigenvalue weighted by Gasteiger charge is 2.22. The number of nitrogens with one attached hydrogen (secondary N) is 1. The molecule has 17 heavy (non-hydrogen) atoms. The minimum atomic E-state index is 0.413. The maximum atomic E-state index is 5.84. The molecule has 2 nitrogen and oxygen atoms in total. The Balaban J connectivity index is 1.99. The number of hydrogen-bond donors (Lipinski definition) is 1. The fourth-order valence-corrected chi connectivity index (χ4v) is 2.02. The van der Waals surface area contributed by atoms with E-state index in [9.17, 15) is 0 Å². The zero-order valence-electron chi connectivity index (χ0n) is 11.1. The maximum Gasteiger partial charge on any atom is 0.122 e. The molecule has 1 aromatic rings. The van der Waals surface area contributed by atoms with Crippen LogP contribution in [0.15, 0.2) is 18.2 Å². The van der Waals surface area contributed by atoms with Crippen LogP contribution in [0.3, 0.4) is 0 Å². The molecular weight excluding hydrogens is 210 g/mol. The van der Waals surface area contributed by atoms with Crippen LogP contribution in [0.4, 0.5) is 0 Å². The lowest BCUT2D eigenvalue weighted by Crippen LogP contribution is -2.17. The van der Waals surface area contributed by atoms with Gasteiger partial charge in [0.15, 0.2) is 0 Å². The van der Waals surface area contributed by atoms with Crippen molar-refractivity contribution >= 4 is 0 Å². The summed E-state index contributed by atoms with van der Waals surface area (Å²) in [7, 11) is 0. The third-order valence-corrected chi connectivity index (χ3v) is 3.38. The van der Waals surface area contributed by atoms with Gasteiger partial charge in [-0.15, -0.1) is 0 Å². The maximum absolute atomic E-state index is 5.84. The Labute approximate surface area is 104 Å². The smallest absolute Gasteiger partial charge is 0.122 e. The summed E-state index contributed by atoms with van der Waals surface area (Å²) < 4.78 is 5.84. The van der Waals surface area contributed by atoms with Gasteiger partial charge >= 0.3 is 0 Å². The van der Waals surface area contributed by atoms with Crippen LogP contribution in [0.1, 0.15) is 43.9 Å². The Bertz CT molecular complexity index is 371. The molecule has 1 atom stereocenters. The molecule has 1 aliphatic rings. The van der Waals surface area contributed by atoms with Gasteiger partial charge in [-0.1, -0.05) is 19.1 Å². The SMILES string of the molecule is CCNC(C)c1ccc(OCC2CC2)c(C)c1. The summed E-state index contributed by atoms with van der Waals surface area (Å²) >= 11 is 0. The molecule has 1 fully saturated rings. The topological polar surface area (TPSA) is 21.3 Å². The molecule has 2 heteroatoms. The minimum Gasteiger partial charge on any atom is -0.493 e. The largest absolute Gasteiger partial charge is 0.493 e. The van der Waals surface area contributed by atoms with E-state index in [2.05, 4.69) is 44.3 Å². The minimum absolute atomic E-state index is 0.413. The van der Waals surface area contributed by atoms with E-state index < -0.39 is 0 Å². The molecule has 1 aliphatic carbocycles. The Kier molecular flexibility index (Phi) is 4.06. The number of hydrogen-bond acceptors (Lipinski definition) is 2. The standard InChI is InChI=1S/C15H23NO/c1-4-16-12(3)14-7-8-15(11(2)9-14)17-10-13-5-6-13/h7-9,12-13,16H,4-6,10H2,1-3H3. The first-order valence-corrected chi connectivity index (χ1v) is 6.67. The molecule has 94 valence electrons. The second-order valence-electron chi connectivity index (χ2n) is 5.06. The van der Waals surface area contributed by atoms with E-state index in [0.29, 0.717) is 6.04 Å². The quantitative estimate of drug-likeness (QED) is 0.812. The van der Waals surface area contributed by atoms with Crippen LogP contribution in [0.25, 0.3) is 0 Å². The van der Waals surface area contributed by atoms with Crippen molar-refractivity contribution < 1.29 is 4.74 Å². The van der Waals surface area contributed by atoms with Crippen molar-refractivity contribution in [2.24, 2.45) is 5.92 Å². The van der Waals surface area contributed by atoms with Gasteiger partial charge in [-0.25, -0.2) is 0 Å². The lowest BCUT2D eigenvalue weighted by Gasteiger charge is -2.15. The van der Waals surface area contributed by atoms with Gasteiger partial charge in [-0.05, 0) is 56.3 Å². The fourth-order valence-electron chi connectivity index (χ4n) is 2.02. The van der Waals surface area contributed by atoms with Crippen molar-refractivity contribution in [3.8, 4) is 5.75 Å². The molecule has 0 radical (unpaired) electrons. The zero-order chi connectivity index (χ0) is 12.3. The Morgan fingerprint density at radius 3 is 2.76 bits per heavy atom. The van der Waals surface area contributed by atoms with E-state index >= 15 is 0 Å². The highest BCUT2D eigenvalue weighted by Crippen LogP contribution is 2.30. The second-order valence-corrected chi connectivity index (χ2v) is 5.06. The highest BCUT2D eigenvalue weighted by molar-refractivity contribution is 5.37. The molecule has 0 aliphatic heterocycles. The van der Waals surface area contributed by atoms with E-state index in [1.165, 1.54) is 24.0 Å². The van der Waals surface area contributed by atoms with Gasteiger partial charge in [0.2, 0.25) is 0 Å².